The van der Waals surface area contributed by atoms with Gasteiger partial charge in [0.25, 0.3) is 0 Å². The van der Waals surface area contributed by atoms with E-state index >= 15 is 0 Å². The second kappa shape index (κ2) is 33.2. The van der Waals surface area contributed by atoms with Crippen molar-refractivity contribution in [1.82, 2.24) is 0 Å². The lowest BCUT2D eigenvalue weighted by atomic mass is 10.4. The van der Waals surface area contributed by atoms with Crippen molar-refractivity contribution in [2.75, 3.05) is 28.4 Å². The van der Waals surface area contributed by atoms with Crippen LogP contribution in [0, 0.1) is 11.8 Å². The highest BCUT2D eigenvalue weighted by Crippen LogP contribution is 2.36. The summed E-state index contributed by atoms with van der Waals surface area (Å²) in [5.41, 5.74) is 1.13. The smallest absolute Gasteiger partial charge is 0.302 e. The molecule has 0 spiro atoms. The van der Waals surface area contributed by atoms with Crippen LogP contribution in [0.25, 0.3) is 0 Å². The molecular formula is C27H67NO5. The highest BCUT2D eigenvalue weighted by Gasteiger charge is 2.26. The van der Waals surface area contributed by atoms with E-state index in [1.165, 1.54) is 13.3 Å². The van der Waals surface area contributed by atoms with Crippen molar-refractivity contribution in [2.45, 2.75) is 130 Å². The average molecular weight is 486 g/mol. The maximum Gasteiger partial charge on any atom is 0.302 e. The van der Waals surface area contributed by atoms with Gasteiger partial charge in [0.2, 0.25) is 0 Å². The third-order valence-electron chi connectivity index (χ3n) is 3.82. The summed E-state index contributed by atoms with van der Waals surface area (Å²) >= 11 is 0. The van der Waals surface area contributed by atoms with Crippen molar-refractivity contribution in [2.24, 2.45) is 16.8 Å². The van der Waals surface area contributed by atoms with Gasteiger partial charge in [-0.15, -0.1) is 0 Å². The molecule has 0 saturated heterocycles. The van der Waals surface area contributed by atoms with Gasteiger partial charge in [-0.1, -0.05) is 43.6 Å². The van der Waals surface area contributed by atoms with E-state index < -0.39 is 5.79 Å². The van der Waals surface area contributed by atoms with E-state index in [0.717, 1.165) is 17.5 Å². The first-order valence-corrected chi connectivity index (χ1v) is 10.3. The number of rotatable bonds is 4. The van der Waals surface area contributed by atoms with E-state index in [2.05, 4.69) is 23.6 Å². The first-order valence-electron chi connectivity index (χ1n) is 10.3. The number of aliphatic imine (C=N–C) groups is 1. The second-order valence-corrected chi connectivity index (χ2v) is 8.11. The highest BCUT2D eigenvalue weighted by atomic mass is 16.7. The number of carbonyl (C=O) groups is 1. The van der Waals surface area contributed by atoms with Crippen molar-refractivity contribution in [3.63, 3.8) is 0 Å². The lowest BCUT2D eigenvalue weighted by Crippen LogP contribution is -2.24. The minimum atomic E-state index is -0.417. The molecule has 0 aromatic carbocycles. The SMILES string of the molecule is C.C.C.C.CC(=O)OC(C)C.CC1CC1C.CN=C(C)C.COC(C)(C)OC.COC(C)C. The molecule has 0 amide bonds. The van der Waals surface area contributed by atoms with Gasteiger partial charge in [-0.25, -0.2) is 0 Å². The minimum Gasteiger partial charge on any atom is -0.463 e. The Morgan fingerprint density at radius 1 is 0.818 bits per heavy atom. The number of methoxy groups -OCH3 is 3. The summed E-state index contributed by atoms with van der Waals surface area (Å²) in [7, 11) is 6.72. The van der Waals surface area contributed by atoms with Crippen LogP contribution in [-0.2, 0) is 23.7 Å². The molecule has 0 radical (unpaired) electrons. The van der Waals surface area contributed by atoms with Crippen molar-refractivity contribution in [3.05, 3.63) is 0 Å². The third kappa shape index (κ3) is 72.2. The van der Waals surface area contributed by atoms with Crippen LogP contribution in [0.4, 0.5) is 0 Å². The second-order valence-electron chi connectivity index (χ2n) is 8.11. The van der Waals surface area contributed by atoms with Crippen LogP contribution in [0.3, 0.4) is 0 Å². The molecule has 0 aliphatic heterocycles. The molecule has 33 heavy (non-hydrogen) atoms. The normalized spacial score (nSPS) is 14.5. The quantitative estimate of drug-likeness (QED) is 0.227. The molecule has 1 aliphatic carbocycles. The first-order chi connectivity index (χ1) is 13.1. The molecule has 1 aliphatic rings. The molecular weight excluding hydrogens is 418 g/mol. The Morgan fingerprint density at radius 2 is 1.06 bits per heavy atom. The zero-order valence-electron chi connectivity index (χ0n) is 22.0. The number of hydrogen-bond donors (Lipinski definition) is 0. The van der Waals surface area contributed by atoms with Crippen LogP contribution in [0.2, 0.25) is 0 Å². The summed E-state index contributed by atoms with van der Waals surface area (Å²) in [4.78, 5) is 13.8. The van der Waals surface area contributed by atoms with Crippen LogP contribution in [-0.4, -0.2) is 58.1 Å². The van der Waals surface area contributed by atoms with Crippen molar-refractivity contribution >= 4 is 11.7 Å². The van der Waals surface area contributed by atoms with E-state index in [4.69, 9.17) is 14.2 Å². The van der Waals surface area contributed by atoms with Crippen molar-refractivity contribution in [1.29, 1.82) is 0 Å². The van der Waals surface area contributed by atoms with Crippen molar-refractivity contribution < 1.29 is 23.7 Å². The summed E-state index contributed by atoms with van der Waals surface area (Å²) in [5.74, 6) is 1.47. The molecule has 0 heterocycles. The molecule has 0 aromatic heterocycles. The van der Waals surface area contributed by atoms with E-state index in [1.54, 1.807) is 28.4 Å². The van der Waals surface area contributed by atoms with Gasteiger partial charge in [-0.2, -0.15) is 0 Å². The number of nitrogens with zero attached hydrogens (tertiary/aromatic N) is 1. The largest absolute Gasteiger partial charge is 0.463 e. The standard InChI is InChI=1S/C5H12O2.C5H10O2.C5H10.C4H9N.C4H10O.4CH4/c1-5(2,6-3)7-4;1-4(2)7-5(3)6;1-4-3-5(4)2;2*1-4(2)5-3;;;;/h1-4H3;4H,1-3H3;4-5H,3H2,1-2H3;1-3H3;4H,1-3H3;4*1H4. The van der Waals surface area contributed by atoms with Gasteiger partial charge < -0.3 is 18.9 Å². The Morgan fingerprint density at radius 3 is 1.06 bits per heavy atom. The molecule has 0 N–H and O–H groups in total. The van der Waals surface area contributed by atoms with Gasteiger partial charge in [0.05, 0.1) is 12.2 Å². The summed E-state index contributed by atoms with van der Waals surface area (Å²) in [6, 6.07) is 0. The number of ether oxygens (including phenoxy) is 4. The molecule has 0 bridgehead atoms. The maximum atomic E-state index is 10.0. The molecule has 6 nitrogen and oxygen atoms in total. The monoisotopic (exact) mass is 486 g/mol. The molecule has 210 valence electrons. The van der Waals surface area contributed by atoms with E-state index in [9.17, 15) is 4.79 Å². The number of esters is 1. The van der Waals surface area contributed by atoms with Crippen LogP contribution in [0.1, 0.15) is 112 Å². The van der Waals surface area contributed by atoms with Gasteiger partial charge >= 0.3 is 5.97 Å². The van der Waals surface area contributed by atoms with E-state index in [0.29, 0.717) is 6.10 Å². The molecule has 1 saturated carbocycles. The van der Waals surface area contributed by atoms with Gasteiger partial charge in [-0.3, -0.25) is 9.79 Å². The zero-order chi connectivity index (χ0) is 24.2. The summed E-state index contributed by atoms with van der Waals surface area (Å²) < 4.78 is 19.1. The first kappa shape index (κ1) is 53.4. The highest BCUT2D eigenvalue weighted by molar-refractivity contribution is 5.78. The summed E-state index contributed by atoms with van der Waals surface area (Å²) in [6.45, 7) is 21.3. The lowest BCUT2D eigenvalue weighted by Gasteiger charge is -2.19. The molecule has 2 atom stereocenters. The molecule has 6 heteroatoms. The van der Waals surface area contributed by atoms with Gasteiger partial charge in [0.1, 0.15) is 0 Å². The summed E-state index contributed by atoms with van der Waals surface area (Å²) in [5, 5.41) is 0. The molecule has 2 unspecified atom stereocenters. The van der Waals surface area contributed by atoms with Crippen LogP contribution >= 0.6 is 0 Å². The van der Waals surface area contributed by atoms with Crippen LogP contribution in [0.15, 0.2) is 4.99 Å². The average Bonchev–Trinajstić information content (AvgIpc) is 3.27. The minimum absolute atomic E-state index is 0. The number of carbonyl (C=O) groups excluding carboxylic acids is 1. The van der Waals surface area contributed by atoms with Crippen LogP contribution in [0.5, 0.6) is 0 Å². The Balaban J connectivity index is -0.0000000386. The Kier molecular flexibility index (Phi) is 53.7. The van der Waals surface area contributed by atoms with Gasteiger partial charge in [0.15, 0.2) is 5.79 Å². The van der Waals surface area contributed by atoms with Gasteiger partial charge in [0, 0.05) is 41.0 Å². The topological polar surface area (TPSA) is 66.4 Å². The lowest BCUT2D eigenvalue weighted by molar-refractivity contribution is -0.178. The molecule has 0 aromatic rings. The Bertz CT molecular complexity index is 374. The predicted molar refractivity (Wildman–Crippen MR) is 152 cm³/mol. The van der Waals surface area contributed by atoms with E-state index in [-0.39, 0.29) is 41.8 Å². The molecule has 1 fully saturated rings. The van der Waals surface area contributed by atoms with Crippen LogP contribution < -0.4 is 0 Å². The summed E-state index contributed by atoms with van der Waals surface area (Å²) in [6.07, 6.45) is 1.88. The predicted octanol–water partition coefficient (Wildman–Crippen LogP) is 8.32. The fourth-order valence-electron chi connectivity index (χ4n) is 0.923. The Labute approximate surface area is 211 Å². The zero-order valence-corrected chi connectivity index (χ0v) is 22.0. The Hall–Kier alpha value is -0.980. The van der Waals surface area contributed by atoms with E-state index in [1.807, 2.05) is 55.4 Å². The van der Waals surface area contributed by atoms with Crippen molar-refractivity contribution in [3.8, 4) is 0 Å². The number of hydrogen-bond acceptors (Lipinski definition) is 6. The third-order valence-corrected chi connectivity index (χ3v) is 3.82. The fourth-order valence-corrected chi connectivity index (χ4v) is 0.923. The van der Waals surface area contributed by atoms with Gasteiger partial charge in [-0.05, 0) is 73.6 Å². The molecule has 1 rings (SSSR count). The maximum absolute atomic E-state index is 10.0. The fraction of sp³-hybridized carbons (Fsp3) is 0.926.